The van der Waals surface area contributed by atoms with Gasteiger partial charge in [-0.05, 0) is 33.6 Å². The normalized spacial score (nSPS) is 10.4. The number of hydrogen-bond acceptors (Lipinski definition) is 4. The van der Waals surface area contributed by atoms with Crippen molar-refractivity contribution >= 4 is 39.2 Å². The number of benzene rings is 1. The van der Waals surface area contributed by atoms with E-state index in [0.29, 0.717) is 16.8 Å². The third-order valence-electron chi connectivity index (χ3n) is 2.47. The summed E-state index contributed by atoms with van der Waals surface area (Å²) in [7, 11) is 1.94. The lowest BCUT2D eigenvalue weighted by Crippen LogP contribution is -2.18. The van der Waals surface area contributed by atoms with Crippen LogP contribution in [0.1, 0.15) is 5.56 Å². The number of nitrogen functional groups attached to an aromatic ring is 1. The highest BCUT2D eigenvalue weighted by Gasteiger charge is 2.11. The van der Waals surface area contributed by atoms with Gasteiger partial charge in [-0.3, -0.25) is 0 Å². The maximum absolute atomic E-state index is 5.96. The molecule has 1 heterocycles. The summed E-state index contributed by atoms with van der Waals surface area (Å²) >= 11 is 9.35. The first-order valence-electron chi connectivity index (χ1n) is 5.29. The first-order valence-corrected chi connectivity index (χ1v) is 6.46. The fourth-order valence-corrected chi connectivity index (χ4v) is 2.34. The molecule has 0 aliphatic heterocycles. The minimum absolute atomic E-state index is 0.429. The molecule has 0 bridgehead atoms. The van der Waals surface area contributed by atoms with Gasteiger partial charge in [-0.25, -0.2) is 9.97 Å². The molecule has 0 unspecified atom stereocenters. The molecule has 1 aromatic heterocycles. The Bertz CT molecular complexity index is 562. The van der Waals surface area contributed by atoms with Gasteiger partial charge in [0.1, 0.15) is 22.4 Å². The van der Waals surface area contributed by atoms with Gasteiger partial charge in [0.15, 0.2) is 0 Å². The second-order valence-electron chi connectivity index (χ2n) is 3.88. The average molecular weight is 328 g/mol. The zero-order valence-corrected chi connectivity index (χ0v) is 12.1. The summed E-state index contributed by atoms with van der Waals surface area (Å²) in [6.45, 7) is 0.690. The molecule has 0 saturated heterocycles. The van der Waals surface area contributed by atoms with E-state index in [4.69, 9.17) is 17.3 Å². The fourth-order valence-electron chi connectivity index (χ4n) is 1.62. The Morgan fingerprint density at radius 1 is 1.39 bits per heavy atom. The number of nitrogens with two attached hydrogens (primary N) is 1. The van der Waals surface area contributed by atoms with Crippen molar-refractivity contribution in [1.29, 1.82) is 0 Å². The van der Waals surface area contributed by atoms with E-state index < -0.39 is 0 Å². The van der Waals surface area contributed by atoms with E-state index in [0.717, 1.165) is 16.4 Å². The van der Waals surface area contributed by atoms with Gasteiger partial charge in [0.05, 0.1) is 0 Å². The molecule has 94 valence electrons. The molecule has 0 spiro atoms. The minimum Gasteiger partial charge on any atom is -0.383 e. The maximum Gasteiger partial charge on any atom is 0.148 e. The Kier molecular flexibility index (Phi) is 4.04. The van der Waals surface area contributed by atoms with Gasteiger partial charge in [0.25, 0.3) is 0 Å². The van der Waals surface area contributed by atoms with Crippen LogP contribution < -0.4 is 10.6 Å². The van der Waals surface area contributed by atoms with Crippen molar-refractivity contribution in [2.24, 2.45) is 0 Å². The number of rotatable bonds is 3. The Morgan fingerprint density at radius 2 is 2.17 bits per heavy atom. The van der Waals surface area contributed by atoms with Crippen LogP contribution >= 0.6 is 27.5 Å². The van der Waals surface area contributed by atoms with Crippen LogP contribution in [0.4, 0.5) is 11.6 Å². The van der Waals surface area contributed by atoms with Crippen molar-refractivity contribution in [3.63, 3.8) is 0 Å². The summed E-state index contributed by atoms with van der Waals surface area (Å²) in [6, 6.07) is 7.72. The second-order valence-corrected chi connectivity index (χ2v) is 5.11. The SMILES string of the molecule is CN(Cc1cccc(Cl)c1)c1ncnc(N)c1Br. The molecule has 0 amide bonds. The summed E-state index contributed by atoms with van der Waals surface area (Å²) in [4.78, 5) is 10.1. The van der Waals surface area contributed by atoms with Gasteiger partial charge in [-0.1, -0.05) is 23.7 Å². The van der Waals surface area contributed by atoms with Crippen LogP contribution in [0.25, 0.3) is 0 Å². The number of anilines is 2. The Hall–Kier alpha value is -1.33. The minimum atomic E-state index is 0.429. The van der Waals surface area contributed by atoms with Crippen molar-refractivity contribution in [2.75, 3.05) is 17.7 Å². The highest BCUT2D eigenvalue weighted by atomic mass is 79.9. The average Bonchev–Trinajstić information content (AvgIpc) is 2.32. The third kappa shape index (κ3) is 2.91. The predicted molar refractivity (Wildman–Crippen MR) is 77.7 cm³/mol. The second kappa shape index (κ2) is 5.54. The smallest absolute Gasteiger partial charge is 0.148 e. The largest absolute Gasteiger partial charge is 0.383 e. The maximum atomic E-state index is 5.96. The summed E-state index contributed by atoms with van der Waals surface area (Å²) in [5, 5.41) is 0.724. The molecule has 0 radical (unpaired) electrons. The molecule has 1 aromatic carbocycles. The molecule has 6 heteroatoms. The Balaban J connectivity index is 2.22. The van der Waals surface area contributed by atoms with Gasteiger partial charge in [-0.2, -0.15) is 0 Å². The van der Waals surface area contributed by atoms with Gasteiger partial charge in [-0.15, -0.1) is 0 Å². The molecule has 0 aliphatic carbocycles. The first-order chi connectivity index (χ1) is 8.58. The molecule has 0 saturated carbocycles. The lowest BCUT2D eigenvalue weighted by Gasteiger charge is -2.19. The van der Waals surface area contributed by atoms with Crippen molar-refractivity contribution in [3.05, 3.63) is 45.7 Å². The van der Waals surface area contributed by atoms with Crippen molar-refractivity contribution in [2.45, 2.75) is 6.54 Å². The van der Waals surface area contributed by atoms with Gasteiger partial charge in [0.2, 0.25) is 0 Å². The molecule has 2 aromatic rings. The summed E-state index contributed by atoms with van der Waals surface area (Å²) in [5.74, 6) is 1.18. The van der Waals surface area contributed by atoms with Gasteiger partial charge >= 0.3 is 0 Å². The molecule has 0 fully saturated rings. The van der Waals surface area contributed by atoms with Crippen LogP contribution in [0.3, 0.4) is 0 Å². The van der Waals surface area contributed by atoms with E-state index in [9.17, 15) is 0 Å². The third-order valence-corrected chi connectivity index (χ3v) is 3.46. The van der Waals surface area contributed by atoms with E-state index in [2.05, 4.69) is 25.9 Å². The molecular weight excluding hydrogens is 316 g/mol. The number of aromatic nitrogens is 2. The Labute approximate surface area is 119 Å². The zero-order chi connectivity index (χ0) is 13.1. The van der Waals surface area contributed by atoms with Crippen LogP contribution in [0.15, 0.2) is 35.1 Å². The zero-order valence-electron chi connectivity index (χ0n) is 9.77. The molecule has 18 heavy (non-hydrogen) atoms. The van der Waals surface area contributed by atoms with Crippen LogP contribution in [0.2, 0.25) is 5.02 Å². The lowest BCUT2D eigenvalue weighted by atomic mass is 10.2. The van der Waals surface area contributed by atoms with E-state index in [1.54, 1.807) is 0 Å². The van der Waals surface area contributed by atoms with Crippen molar-refractivity contribution in [1.82, 2.24) is 9.97 Å². The predicted octanol–water partition coefficient (Wildman–Crippen LogP) is 3.11. The highest BCUT2D eigenvalue weighted by Crippen LogP contribution is 2.27. The molecule has 0 aliphatic rings. The van der Waals surface area contributed by atoms with Crippen molar-refractivity contribution in [3.8, 4) is 0 Å². The first kappa shape index (κ1) is 13.1. The number of nitrogens with zero attached hydrogens (tertiary/aromatic N) is 3. The standard InChI is InChI=1S/C12H12BrClN4/c1-18(6-8-3-2-4-9(14)5-8)12-10(13)11(15)16-7-17-12/h2-5,7H,6H2,1H3,(H2,15,16,17). The fraction of sp³-hybridized carbons (Fsp3) is 0.167. The lowest BCUT2D eigenvalue weighted by molar-refractivity contribution is 0.887. The topological polar surface area (TPSA) is 55.0 Å². The van der Waals surface area contributed by atoms with Crippen LogP contribution in [-0.4, -0.2) is 17.0 Å². The summed E-state index contributed by atoms with van der Waals surface area (Å²) in [5.41, 5.74) is 6.84. The van der Waals surface area contributed by atoms with E-state index >= 15 is 0 Å². The monoisotopic (exact) mass is 326 g/mol. The molecule has 0 atom stereocenters. The summed E-state index contributed by atoms with van der Waals surface area (Å²) < 4.78 is 0.703. The quantitative estimate of drug-likeness (QED) is 0.941. The van der Waals surface area contributed by atoms with Gasteiger partial charge < -0.3 is 10.6 Å². The van der Waals surface area contributed by atoms with Crippen molar-refractivity contribution < 1.29 is 0 Å². The number of halogens is 2. The van der Waals surface area contributed by atoms with E-state index in [1.165, 1.54) is 6.33 Å². The van der Waals surface area contributed by atoms with E-state index in [1.807, 2.05) is 36.2 Å². The van der Waals surface area contributed by atoms with E-state index in [-0.39, 0.29) is 0 Å². The number of hydrogen-bond donors (Lipinski definition) is 1. The van der Waals surface area contributed by atoms with Crippen LogP contribution in [0, 0.1) is 0 Å². The van der Waals surface area contributed by atoms with Crippen LogP contribution in [0.5, 0.6) is 0 Å². The molecular formula is C12H12BrClN4. The van der Waals surface area contributed by atoms with Gasteiger partial charge in [0, 0.05) is 18.6 Å². The Morgan fingerprint density at radius 3 is 2.89 bits per heavy atom. The van der Waals surface area contributed by atoms with Crippen LogP contribution in [-0.2, 0) is 6.54 Å². The molecule has 2 rings (SSSR count). The molecule has 2 N–H and O–H groups in total. The summed E-state index contributed by atoms with van der Waals surface area (Å²) in [6.07, 6.45) is 1.45. The molecule has 4 nitrogen and oxygen atoms in total. The highest BCUT2D eigenvalue weighted by molar-refractivity contribution is 9.10.